The van der Waals surface area contributed by atoms with Gasteiger partial charge in [0.25, 0.3) is 0 Å². The number of carbonyl (C=O) groups excluding carboxylic acids is 1. The van der Waals surface area contributed by atoms with Gasteiger partial charge in [-0.05, 0) is 13.5 Å². The summed E-state index contributed by atoms with van der Waals surface area (Å²) in [6.07, 6.45) is 0. The topological polar surface area (TPSA) is 41.1 Å². The van der Waals surface area contributed by atoms with Crippen LogP contribution in [0, 0.1) is 0 Å². The second kappa shape index (κ2) is 6.71. The van der Waals surface area contributed by atoms with E-state index in [4.69, 9.17) is 0 Å². The standard InChI is InChI=1S/C7H16N2O/c1-3-8-4-5-9-6-7(2)10/h8-9H,3-6H2,1-2H3. The summed E-state index contributed by atoms with van der Waals surface area (Å²) in [7, 11) is 0. The van der Waals surface area contributed by atoms with Crippen molar-refractivity contribution in [2.24, 2.45) is 0 Å². The van der Waals surface area contributed by atoms with Gasteiger partial charge in [0.15, 0.2) is 0 Å². The van der Waals surface area contributed by atoms with Crippen molar-refractivity contribution < 1.29 is 4.79 Å². The SMILES string of the molecule is CCNCCNCC(C)=O. The van der Waals surface area contributed by atoms with E-state index in [0.717, 1.165) is 19.6 Å². The molecule has 0 radical (unpaired) electrons. The van der Waals surface area contributed by atoms with Crippen LogP contribution in [0.4, 0.5) is 0 Å². The number of hydrogen-bond donors (Lipinski definition) is 2. The Morgan fingerprint density at radius 3 is 2.40 bits per heavy atom. The molecule has 2 N–H and O–H groups in total. The third kappa shape index (κ3) is 7.59. The molecule has 0 atom stereocenters. The molecule has 60 valence electrons. The molecule has 0 bridgehead atoms. The highest BCUT2D eigenvalue weighted by molar-refractivity contribution is 5.77. The molecule has 3 heteroatoms. The summed E-state index contributed by atoms with van der Waals surface area (Å²) in [5.74, 6) is 0.191. The van der Waals surface area contributed by atoms with Gasteiger partial charge in [0, 0.05) is 13.1 Å². The van der Waals surface area contributed by atoms with Gasteiger partial charge in [-0.2, -0.15) is 0 Å². The van der Waals surface area contributed by atoms with E-state index in [0.29, 0.717) is 6.54 Å². The summed E-state index contributed by atoms with van der Waals surface area (Å²) in [6.45, 7) is 6.93. The van der Waals surface area contributed by atoms with Crippen molar-refractivity contribution in [2.75, 3.05) is 26.2 Å². The lowest BCUT2D eigenvalue weighted by Gasteiger charge is -2.01. The molecular formula is C7H16N2O. The van der Waals surface area contributed by atoms with Crippen molar-refractivity contribution in [1.29, 1.82) is 0 Å². The normalized spacial score (nSPS) is 9.80. The molecule has 3 nitrogen and oxygen atoms in total. The number of rotatable bonds is 6. The molecule has 0 aromatic carbocycles. The summed E-state index contributed by atoms with van der Waals surface area (Å²) in [5, 5.41) is 6.16. The Morgan fingerprint density at radius 2 is 1.90 bits per heavy atom. The van der Waals surface area contributed by atoms with E-state index in [-0.39, 0.29) is 5.78 Å². The van der Waals surface area contributed by atoms with Crippen molar-refractivity contribution >= 4 is 5.78 Å². The molecule has 0 aliphatic heterocycles. The monoisotopic (exact) mass is 144 g/mol. The lowest BCUT2D eigenvalue weighted by molar-refractivity contribution is -0.116. The van der Waals surface area contributed by atoms with Crippen LogP contribution < -0.4 is 10.6 Å². The Morgan fingerprint density at radius 1 is 1.30 bits per heavy atom. The summed E-state index contributed by atoms with van der Waals surface area (Å²) < 4.78 is 0. The second-order valence-electron chi connectivity index (χ2n) is 2.23. The van der Waals surface area contributed by atoms with E-state index in [1.54, 1.807) is 6.92 Å². The van der Waals surface area contributed by atoms with Gasteiger partial charge in [-0.3, -0.25) is 4.79 Å². The molecule has 0 spiro atoms. The fourth-order valence-corrected chi connectivity index (χ4v) is 0.618. The number of nitrogens with one attached hydrogen (secondary N) is 2. The molecule has 0 fully saturated rings. The van der Waals surface area contributed by atoms with Gasteiger partial charge in [0.1, 0.15) is 5.78 Å². The number of Topliss-reactive ketones (excluding diaryl/α,β-unsaturated/α-hetero) is 1. The van der Waals surface area contributed by atoms with Crippen LogP contribution in [-0.4, -0.2) is 32.0 Å². The zero-order valence-corrected chi connectivity index (χ0v) is 6.74. The number of ketones is 1. The van der Waals surface area contributed by atoms with Gasteiger partial charge in [-0.1, -0.05) is 6.92 Å². The summed E-state index contributed by atoms with van der Waals surface area (Å²) in [6, 6.07) is 0. The van der Waals surface area contributed by atoms with Gasteiger partial charge in [-0.15, -0.1) is 0 Å². The molecule has 10 heavy (non-hydrogen) atoms. The maximum atomic E-state index is 10.4. The van der Waals surface area contributed by atoms with Gasteiger partial charge in [0.05, 0.1) is 6.54 Å². The van der Waals surface area contributed by atoms with Crippen LogP contribution in [0.1, 0.15) is 13.8 Å². The first-order valence-corrected chi connectivity index (χ1v) is 3.68. The average Bonchev–Trinajstić information content (AvgIpc) is 1.87. The van der Waals surface area contributed by atoms with Crippen molar-refractivity contribution in [2.45, 2.75) is 13.8 Å². The quantitative estimate of drug-likeness (QED) is 0.506. The van der Waals surface area contributed by atoms with E-state index < -0.39 is 0 Å². The molecule has 0 aliphatic carbocycles. The highest BCUT2D eigenvalue weighted by Gasteiger charge is 1.89. The molecule has 0 saturated heterocycles. The smallest absolute Gasteiger partial charge is 0.143 e. The molecule has 0 amide bonds. The maximum Gasteiger partial charge on any atom is 0.143 e. The number of likely N-dealkylation sites (N-methyl/N-ethyl adjacent to an activating group) is 1. The van der Waals surface area contributed by atoms with Crippen molar-refractivity contribution in [3.05, 3.63) is 0 Å². The van der Waals surface area contributed by atoms with Crippen LogP contribution in [0.5, 0.6) is 0 Å². The van der Waals surface area contributed by atoms with Gasteiger partial charge >= 0.3 is 0 Å². The summed E-state index contributed by atoms with van der Waals surface area (Å²) >= 11 is 0. The molecule has 0 unspecified atom stereocenters. The average molecular weight is 144 g/mol. The third-order valence-corrected chi connectivity index (χ3v) is 1.10. The van der Waals surface area contributed by atoms with Crippen LogP contribution in [0.3, 0.4) is 0 Å². The second-order valence-corrected chi connectivity index (χ2v) is 2.23. The van der Waals surface area contributed by atoms with E-state index >= 15 is 0 Å². The van der Waals surface area contributed by atoms with Crippen molar-refractivity contribution in [3.63, 3.8) is 0 Å². The van der Waals surface area contributed by atoms with Crippen LogP contribution in [0.15, 0.2) is 0 Å². The lowest BCUT2D eigenvalue weighted by atomic mass is 10.4. The highest BCUT2D eigenvalue weighted by Crippen LogP contribution is 1.63. The minimum absolute atomic E-state index is 0.191. The number of hydrogen-bond acceptors (Lipinski definition) is 3. The van der Waals surface area contributed by atoms with Crippen molar-refractivity contribution in [1.82, 2.24) is 10.6 Å². The molecule has 0 aliphatic rings. The van der Waals surface area contributed by atoms with E-state index in [9.17, 15) is 4.79 Å². The zero-order chi connectivity index (χ0) is 7.82. The first-order valence-electron chi connectivity index (χ1n) is 3.68. The third-order valence-electron chi connectivity index (χ3n) is 1.10. The Balaban J connectivity index is 2.84. The Labute approximate surface area is 62.2 Å². The maximum absolute atomic E-state index is 10.4. The largest absolute Gasteiger partial charge is 0.316 e. The summed E-state index contributed by atoms with van der Waals surface area (Å²) in [4.78, 5) is 10.4. The lowest BCUT2D eigenvalue weighted by Crippen LogP contribution is -2.30. The Bertz CT molecular complexity index is 93.6. The fourth-order valence-electron chi connectivity index (χ4n) is 0.618. The van der Waals surface area contributed by atoms with E-state index in [1.807, 2.05) is 0 Å². The fraction of sp³-hybridized carbons (Fsp3) is 0.857. The predicted octanol–water partition coefficient (Wildman–Crippen LogP) is -0.226. The molecule has 0 rings (SSSR count). The first-order chi connectivity index (χ1) is 4.77. The zero-order valence-electron chi connectivity index (χ0n) is 6.74. The Kier molecular flexibility index (Phi) is 6.43. The molecule has 0 heterocycles. The van der Waals surface area contributed by atoms with Crippen LogP contribution in [0.2, 0.25) is 0 Å². The molecule has 0 aromatic rings. The van der Waals surface area contributed by atoms with Crippen LogP contribution in [-0.2, 0) is 4.79 Å². The minimum atomic E-state index is 0.191. The highest BCUT2D eigenvalue weighted by atomic mass is 16.1. The first kappa shape index (κ1) is 9.59. The number of carbonyl (C=O) groups is 1. The van der Waals surface area contributed by atoms with E-state index in [2.05, 4.69) is 17.6 Å². The van der Waals surface area contributed by atoms with Gasteiger partial charge in [0.2, 0.25) is 0 Å². The van der Waals surface area contributed by atoms with E-state index in [1.165, 1.54) is 0 Å². The van der Waals surface area contributed by atoms with Crippen LogP contribution in [0.25, 0.3) is 0 Å². The van der Waals surface area contributed by atoms with Crippen LogP contribution >= 0.6 is 0 Å². The summed E-state index contributed by atoms with van der Waals surface area (Å²) in [5.41, 5.74) is 0. The van der Waals surface area contributed by atoms with Gasteiger partial charge < -0.3 is 10.6 Å². The molecule has 0 aromatic heterocycles. The molecule has 0 saturated carbocycles. The van der Waals surface area contributed by atoms with Crippen molar-refractivity contribution in [3.8, 4) is 0 Å². The molecular weight excluding hydrogens is 128 g/mol. The minimum Gasteiger partial charge on any atom is -0.316 e. The Hall–Kier alpha value is -0.410. The predicted molar refractivity (Wildman–Crippen MR) is 42.1 cm³/mol. The van der Waals surface area contributed by atoms with Gasteiger partial charge in [-0.25, -0.2) is 0 Å².